The Morgan fingerprint density at radius 2 is 2.00 bits per heavy atom. The van der Waals surface area contributed by atoms with Crippen LogP contribution < -0.4 is 5.73 Å². The molecule has 0 unspecified atom stereocenters. The second-order valence-electron chi connectivity index (χ2n) is 5.29. The third kappa shape index (κ3) is 2.25. The van der Waals surface area contributed by atoms with Gasteiger partial charge in [0.1, 0.15) is 5.82 Å². The zero-order valence-electron chi connectivity index (χ0n) is 12.2. The molecule has 0 aliphatic heterocycles. The number of hydrogen-bond donors (Lipinski definition) is 1. The summed E-state index contributed by atoms with van der Waals surface area (Å²) in [7, 11) is 0. The van der Waals surface area contributed by atoms with E-state index in [1.807, 2.05) is 25.1 Å². The molecular formula is C18H17N3. The van der Waals surface area contributed by atoms with Crippen molar-refractivity contribution in [3.05, 3.63) is 47.5 Å². The van der Waals surface area contributed by atoms with Crippen LogP contribution in [0.25, 0.3) is 22.4 Å². The van der Waals surface area contributed by atoms with E-state index in [2.05, 4.69) is 35.6 Å². The Morgan fingerprint density at radius 1 is 1.19 bits per heavy atom. The smallest absolute Gasteiger partial charge is 0.142 e. The number of fused-ring (bicyclic) bond motifs is 1. The van der Waals surface area contributed by atoms with Gasteiger partial charge in [-0.25, -0.2) is 4.98 Å². The average molecular weight is 275 g/mol. The number of nitrogens with zero attached hydrogens (tertiary/aromatic N) is 2. The average Bonchev–Trinajstić information content (AvgIpc) is 2.80. The molecule has 1 heterocycles. The summed E-state index contributed by atoms with van der Waals surface area (Å²) >= 11 is 0. The molecule has 0 fully saturated rings. The van der Waals surface area contributed by atoms with E-state index in [-0.39, 0.29) is 0 Å². The van der Waals surface area contributed by atoms with Crippen LogP contribution in [0.3, 0.4) is 0 Å². The molecule has 21 heavy (non-hydrogen) atoms. The van der Waals surface area contributed by atoms with E-state index >= 15 is 0 Å². The van der Waals surface area contributed by atoms with Gasteiger partial charge in [0, 0.05) is 11.3 Å². The highest BCUT2D eigenvalue weighted by Crippen LogP contribution is 2.27. The Kier molecular flexibility index (Phi) is 3.15. The van der Waals surface area contributed by atoms with E-state index in [9.17, 15) is 0 Å². The van der Waals surface area contributed by atoms with Crippen LogP contribution in [0.1, 0.15) is 11.1 Å². The Morgan fingerprint density at radius 3 is 2.71 bits per heavy atom. The van der Waals surface area contributed by atoms with E-state index in [0.29, 0.717) is 6.54 Å². The monoisotopic (exact) mass is 275 g/mol. The number of rotatable bonds is 2. The highest BCUT2D eigenvalue weighted by molar-refractivity contribution is 5.82. The molecule has 0 atom stereocenters. The zero-order chi connectivity index (χ0) is 15.0. The first-order chi connectivity index (χ1) is 10.1. The molecular weight excluding hydrogens is 258 g/mol. The second kappa shape index (κ2) is 4.99. The SMILES string of the molecule is C#CCn1c(-c2ccc(C)c(N)c2)nc2cc(C)ccc21. The van der Waals surface area contributed by atoms with E-state index in [0.717, 1.165) is 33.7 Å². The first-order valence-corrected chi connectivity index (χ1v) is 6.87. The van der Waals surface area contributed by atoms with Gasteiger partial charge < -0.3 is 10.3 Å². The van der Waals surface area contributed by atoms with Crippen LogP contribution in [0.4, 0.5) is 5.69 Å². The number of nitrogens with two attached hydrogens (primary N) is 1. The van der Waals surface area contributed by atoms with Gasteiger partial charge in [0.25, 0.3) is 0 Å². The summed E-state index contributed by atoms with van der Waals surface area (Å²) in [6.07, 6.45) is 5.52. The Bertz CT molecular complexity index is 866. The van der Waals surface area contributed by atoms with Gasteiger partial charge in [0.2, 0.25) is 0 Å². The van der Waals surface area contributed by atoms with E-state index < -0.39 is 0 Å². The minimum atomic E-state index is 0.489. The number of nitrogen functional groups attached to an aromatic ring is 1. The number of anilines is 1. The van der Waals surface area contributed by atoms with Crippen LogP contribution in [0, 0.1) is 26.2 Å². The lowest BCUT2D eigenvalue weighted by atomic mass is 10.1. The standard InChI is InChI=1S/C18H17N3/c1-4-9-21-17-8-5-12(2)10-16(17)20-18(21)14-7-6-13(3)15(19)11-14/h1,5-8,10-11H,9,19H2,2-3H3. The summed E-state index contributed by atoms with van der Waals surface area (Å²) in [5.74, 6) is 3.57. The maximum Gasteiger partial charge on any atom is 0.142 e. The quantitative estimate of drug-likeness (QED) is 0.574. The zero-order valence-corrected chi connectivity index (χ0v) is 12.2. The summed E-state index contributed by atoms with van der Waals surface area (Å²) in [6.45, 7) is 4.54. The lowest BCUT2D eigenvalue weighted by Crippen LogP contribution is -1.99. The molecule has 0 radical (unpaired) electrons. The van der Waals surface area contributed by atoms with E-state index in [1.165, 1.54) is 5.56 Å². The van der Waals surface area contributed by atoms with Crippen molar-refractivity contribution in [2.45, 2.75) is 20.4 Å². The van der Waals surface area contributed by atoms with E-state index in [1.54, 1.807) is 0 Å². The van der Waals surface area contributed by atoms with Gasteiger partial charge >= 0.3 is 0 Å². The molecule has 0 saturated carbocycles. The Balaban J connectivity index is 2.27. The highest BCUT2D eigenvalue weighted by Gasteiger charge is 2.12. The van der Waals surface area contributed by atoms with Crippen LogP contribution in [0.15, 0.2) is 36.4 Å². The number of aryl methyl sites for hydroxylation is 2. The van der Waals surface area contributed by atoms with Gasteiger partial charge in [-0.05, 0) is 43.2 Å². The molecule has 2 N–H and O–H groups in total. The predicted octanol–water partition coefficient (Wildman–Crippen LogP) is 3.54. The maximum atomic E-state index is 6.02. The molecule has 0 amide bonds. The third-order valence-corrected chi connectivity index (χ3v) is 3.69. The van der Waals surface area contributed by atoms with Crippen molar-refractivity contribution in [1.29, 1.82) is 0 Å². The molecule has 2 aromatic carbocycles. The predicted molar refractivity (Wildman–Crippen MR) is 87.9 cm³/mol. The second-order valence-corrected chi connectivity index (χ2v) is 5.29. The van der Waals surface area contributed by atoms with Crippen molar-refractivity contribution in [1.82, 2.24) is 9.55 Å². The van der Waals surface area contributed by atoms with Crippen molar-refractivity contribution in [3.8, 4) is 23.7 Å². The highest BCUT2D eigenvalue weighted by atomic mass is 15.1. The molecule has 3 aromatic rings. The van der Waals surface area contributed by atoms with Gasteiger partial charge in [-0.2, -0.15) is 0 Å². The first kappa shape index (κ1) is 13.3. The van der Waals surface area contributed by atoms with Crippen LogP contribution >= 0.6 is 0 Å². The van der Waals surface area contributed by atoms with Crippen LogP contribution in [-0.4, -0.2) is 9.55 Å². The van der Waals surface area contributed by atoms with Gasteiger partial charge in [-0.3, -0.25) is 0 Å². The molecule has 1 aromatic heterocycles. The molecule has 3 heteroatoms. The lowest BCUT2D eigenvalue weighted by Gasteiger charge is -2.07. The van der Waals surface area contributed by atoms with Crippen LogP contribution in [-0.2, 0) is 6.54 Å². The number of terminal acetylenes is 1. The molecule has 3 rings (SSSR count). The minimum Gasteiger partial charge on any atom is -0.398 e. The first-order valence-electron chi connectivity index (χ1n) is 6.87. The summed E-state index contributed by atoms with van der Waals surface area (Å²) in [5, 5.41) is 0. The summed E-state index contributed by atoms with van der Waals surface area (Å²) < 4.78 is 2.05. The summed E-state index contributed by atoms with van der Waals surface area (Å²) in [6, 6.07) is 12.2. The number of imidazole rings is 1. The Hall–Kier alpha value is -2.73. The van der Waals surface area contributed by atoms with Crippen molar-refractivity contribution in [3.63, 3.8) is 0 Å². The fraction of sp³-hybridized carbons (Fsp3) is 0.167. The van der Waals surface area contributed by atoms with Gasteiger partial charge in [-0.1, -0.05) is 24.1 Å². The lowest BCUT2D eigenvalue weighted by molar-refractivity contribution is 0.882. The molecule has 3 nitrogen and oxygen atoms in total. The Labute approximate surface area is 124 Å². The van der Waals surface area contributed by atoms with Crippen LogP contribution in [0.5, 0.6) is 0 Å². The fourth-order valence-electron chi connectivity index (χ4n) is 2.49. The van der Waals surface area contributed by atoms with Crippen molar-refractivity contribution in [2.75, 3.05) is 5.73 Å². The van der Waals surface area contributed by atoms with E-state index in [4.69, 9.17) is 17.1 Å². The third-order valence-electron chi connectivity index (χ3n) is 3.69. The molecule has 0 spiro atoms. The van der Waals surface area contributed by atoms with Crippen molar-refractivity contribution in [2.24, 2.45) is 0 Å². The molecule has 0 bridgehead atoms. The van der Waals surface area contributed by atoms with Crippen LogP contribution in [0.2, 0.25) is 0 Å². The van der Waals surface area contributed by atoms with Gasteiger partial charge in [0.15, 0.2) is 0 Å². The number of hydrogen-bond acceptors (Lipinski definition) is 2. The molecule has 0 saturated heterocycles. The normalized spacial score (nSPS) is 10.7. The molecule has 104 valence electrons. The summed E-state index contributed by atoms with van der Waals surface area (Å²) in [4.78, 5) is 4.74. The topological polar surface area (TPSA) is 43.8 Å². The largest absolute Gasteiger partial charge is 0.398 e. The minimum absolute atomic E-state index is 0.489. The summed E-state index contributed by atoms with van der Waals surface area (Å²) in [5.41, 5.74) is 12.0. The van der Waals surface area contributed by atoms with Crippen molar-refractivity contribution < 1.29 is 0 Å². The fourth-order valence-corrected chi connectivity index (χ4v) is 2.49. The van der Waals surface area contributed by atoms with Crippen molar-refractivity contribution >= 4 is 16.7 Å². The molecule has 0 aliphatic carbocycles. The van der Waals surface area contributed by atoms with Gasteiger partial charge in [0.05, 0.1) is 17.6 Å². The van der Waals surface area contributed by atoms with Gasteiger partial charge in [-0.15, -0.1) is 6.42 Å². The molecule has 0 aliphatic rings. The number of benzene rings is 2. The number of aromatic nitrogens is 2. The maximum absolute atomic E-state index is 6.02.